The lowest BCUT2D eigenvalue weighted by Gasteiger charge is -2.29. The van der Waals surface area contributed by atoms with Crippen LogP contribution in [0.1, 0.15) is 46.0 Å². The fourth-order valence-electron chi connectivity index (χ4n) is 3.04. The van der Waals surface area contributed by atoms with E-state index in [-0.39, 0.29) is 5.91 Å². The van der Waals surface area contributed by atoms with E-state index in [0.29, 0.717) is 18.4 Å². The average molecular weight is 267 g/mol. The van der Waals surface area contributed by atoms with Gasteiger partial charge in [0, 0.05) is 31.6 Å². The molecule has 19 heavy (non-hydrogen) atoms. The first-order valence-corrected chi connectivity index (χ1v) is 7.94. The molecule has 0 spiro atoms. The molecule has 0 bridgehead atoms. The van der Waals surface area contributed by atoms with Crippen molar-refractivity contribution in [2.75, 3.05) is 26.2 Å². The average Bonchev–Trinajstić information content (AvgIpc) is 3.22. The standard InChI is InChI=1S/C15H29N3O/c1-3-18(13-6-7-13)10-9-17-15(19)11-14-12(2)5-4-8-16-14/h12-14,16H,3-11H2,1-2H3,(H,17,19). The molecule has 2 fully saturated rings. The van der Waals surface area contributed by atoms with Gasteiger partial charge in [-0.3, -0.25) is 9.69 Å². The third-order valence-corrected chi connectivity index (χ3v) is 4.53. The number of amides is 1. The molecule has 1 aliphatic carbocycles. The lowest BCUT2D eigenvalue weighted by molar-refractivity contribution is -0.122. The van der Waals surface area contributed by atoms with Crippen molar-refractivity contribution < 1.29 is 4.79 Å². The quantitative estimate of drug-likeness (QED) is 0.732. The van der Waals surface area contributed by atoms with Crippen LogP contribution in [0.25, 0.3) is 0 Å². The van der Waals surface area contributed by atoms with Crippen molar-refractivity contribution in [2.45, 2.75) is 58.0 Å². The van der Waals surface area contributed by atoms with E-state index in [1.54, 1.807) is 0 Å². The fraction of sp³-hybridized carbons (Fsp3) is 0.933. The van der Waals surface area contributed by atoms with E-state index >= 15 is 0 Å². The number of hydrogen-bond acceptors (Lipinski definition) is 3. The molecular formula is C15H29N3O. The van der Waals surface area contributed by atoms with Crippen molar-refractivity contribution >= 4 is 5.91 Å². The zero-order valence-electron chi connectivity index (χ0n) is 12.5. The first kappa shape index (κ1) is 14.8. The summed E-state index contributed by atoms with van der Waals surface area (Å²) in [7, 11) is 0. The molecule has 0 aromatic rings. The number of piperidine rings is 1. The Balaban J connectivity index is 1.61. The number of carbonyl (C=O) groups is 1. The molecule has 110 valence electrons. The maximum Gasteiger partial charge on any atom is 0.221 e. The van der Waals surface area contributed by atoms with Crippen LogP contribution in [-0.2, 0) is 4.79 Å². The Kier molecular flexibility index (Phi) is 5.64. The van der Waals surface area contributed by atoms with Gasteiger partial charge >= 0.3 is 0 Å². The molecule has 4 heteroatoms. The van der Waals surface area contributed by atoms with Crippen molar-refractivity contribution in [1.29, 1.82) is 0 Å². The molecule has 2 unspecified atom stereocenters. The van der Waals surface area contributed by atoms with Gasteiger partial charge in [0.05, 0.1) is 0 Å². The molecule has 2 rings (SSSR count). The van der Waals surface area contributed by atoms with Crippen molar-refractivity contribution in [1.82, 2.24) is 15.5 Å². The largest absolute Gasteiger partial charge is 0.355 e. The molecule has 2 N–H and O–H groups in total. The van der Waals surface area contributed by atoms with Crippen LogP contribution in [0.5, 0.6) is 0 Å². The normalized spacial score (nSPS) is 27.5. The smallest absolute Gasteiger partial charge is 0.221 e. The van der Waals surface area contributed by atoms with Crippen LogP contribution in [0.3, 0.4) is 0 Å². The number of nitrogens with one attached hydrogen (secondary N) is 2. The minimum Gasteiger partial charge on any atom is -0.355 e. The second kappa shape index (κ2) is 7.25. The lowest BCUT2D eigenvalue weighted by Crippen LogP contribution is -2.44. The van der Waals surface area contributed by atoms with Crippen LogP contribution in [-0.4, -0.2) is 49.1 Å². The summed E-state index contributed by atoms with van der Waals surface area (Å²) in [5.74, 6) is 0.830. The summed E-state index contributed by atoms with van der Waals surface area (Å²) in [6.07, 6.45) is 5.80. The number of hydrogen-bond donors (Lipinski definition) is 2. The van der Waals surface area contributed by atoms with Gasteiger partial charge in [0.2, 0.25) is 5.91 Å². The highest BCUT2D eigenvalue weighted by Crippen LogP contribution is 2.25. The molecule has 1 heterocycles. The topological polar surface area (TPSA) is 44.4 Å². The van der Waals surface area contributed by atoms with E-state index in [2.05, 4.69) is 29.4 Å². The highest BCUT2D eigenvalue weighted by molar-refractivity contribution is 5.76. The van der Waals surface area contributed by atoms with Gasteiger partial charge in [0.1, 0.15) is 0 Å². The number of likely N-dealkylation sites (N-methyl/N-ethyl adjacent to an activating group) is 1. The van der Waals surface area contributed by atoms with Crippen molar-refractivity contribution in [3.05, 3.63) is 0 Å². The monoisotopic (exact) mass is 267 g/mol. The van der Waals surface area contributed by atoms with Gasteiger partial charge in [0.25, 0.3) is 0 Å². The zero-order valence-corrected chi connectivity index (χ0v) is 12.5. The van der Waals surface area contributed by atoms with E-state index in [1.807, 2.05) is 0 Å². The van der Waals surface area contributed by atoms with Crippen LogP contribution in [0.15, 0.2) is 0 Å². The second-order valence-electron chi connectivity index (χ2n) is 6.09. The Morgan fingerprint density at radius 3 is 2.79 bits per heavy atom. The summed E-state index contributed by atoms with van der Waals surface area (Å²) < 4.78 is 0. The van der Waals surface area contributed by atoms with Crippen LogP contribution >= 0.6 is 0 Å². The fourth-order valence-corrected chi connectivity index (χ4v) is 3.04. The predicted octanol–water partition coefficient (Wildman–Crippen LogP) is 1.37. The van der Waals surface area contributed by atoms with Gasteiger partial charge in [-0.2, -0.15) is 0 Å². The summed E-state index contributed by atoms with van der Waals surface area (Å²) in [6, 6.07) is 1.17. The van der Waals surface area contributed by atoms with E-state index in [1.165, 1.54) is 25.7 Å². The molecule has 0 aromatic carbocycles. The molecule has 1 amide bonds. The Morgan fingerprint density at radius 1 is 1.37 bits per heavy atom. The predicted molar refractivity (Wildman–Crippen MR) is 78.1 cm³/mol. The van der Waals surface area contributed by atoms with E-state index in [0.717, 1.165) is 32.2 Å². The van der Waals surface area contributed by atoms with Crippen LogP contribution in [0.4, 0.5) is 0 Å². The Morgan fingerprint density at radius 2 is 2.16 bits per heavy atom. The van der Waals surface area contributed by atoms with E-state index < -0.39 is 0 Å². The third kappa shape index (κ3) is 4.77. The Hall–Kier alpha value is -0.610. The van der Waals surface area contributed by atoms with Gasteiger partial charge < -0.3 is 10.6 Å². The Labute approximate surface area is 117 Å². The minimum atomic E-state index is 0.207. The molecule has 1 aliphatic heterocycles. The van der Waals surface area contributed by atoms with Gasteiger partial charge in [0.15, 0.2) is 0 Å². The highest BCUT2D eigenvalue weighted by atomic mass is 16.1. The maximum absolute atomic E-state index is 11.9. The van der Waals surface area contributed by atoms with Crippen LogP contribution < -0.4 is 10.6 Å². The Bertz CT molecular complexity index is 291. The van der Waals surface area contributed by atoms with Gasteiger partial charge in [-0.25, -0.2) is 0 Å². The van der Waals surface area contributed by atoms with Gasteiger partial charge in [-0.1, -0.05) is 13.8 Å². The summed E-state index contributed by atoms with van der Waals surface area (Å²) in [4.78, 5) is 14.4. The number of rotatable bonds is 7. The van der Waals surface area contributed by atoms with Crippen molar-refractivity contribution in [3.63, 3.8) is 0 Å². The summed E-state index contributed by atoms with van der Waals surface area (Å²) in [6.45, 7) is 8.41. The summed E-state index contributed by atoms with van der Waals surface area (Å²) >= 11 is 0. The third-order valence-electron chi connectivity index (χ3n) is 4.53. The maximum atomic E-state index is 11.9. The molecule has 0 radical (unpaired) electrons. The molecule has 1 saturated carbocycles. The number of nitrogens with zero attached hydrogens (tertiary/aromatic N) is 1. The summed E-state index contributed by atoms with van der Waals surface area (Å²) in [5, 5.41) is 6.54. The molecule has 0 aromatic heterocycles. The number of carbonyl (C=O) groups excluding carboxylic acids is 1. The minimum absolute atomic E-state index is 0.207. The second-order valence-corrected chi connectivity index (χ2v) is 6.09. The van der Waals surface area contributed by atoms with Crippen LogP contribution in [0.2, 0.25) is 0 Å². The van der Waals surface area contributed by atoms with E-state index in [4.69, 9.17) is 0 Å². The highest BCUT2D eigenvalue weighted by Gasteiger charge is 2.27. The molecule has 2 aliphatic rings. The molecule has 1 saturated heterocycles. The van der Waals surface area contributed by atoms with Crippen molar-refractivity contribution in [3.8, 4) is 0 Å². The van der Waals surface area contributed by atoms with Crippen molar-refractivity contribution in [2.24, 2.45) is 5.92 Å². The zero-order chi connectivity index (χ0) is 13.7. The van der Waals surface area contributed by atoms with E-state index in [9.17, 15) is 4.79 Å². The molecule has 4 nitrogen and oxygen atoms in total. The molecular weight excluding hydrogens is 238 g/mol. The van der Waals surface area contributed by atoms with Gasteiger partial charge in [-0.05, 0) is 44.7 Å². The first-order chi connectivity index (χ1) is 9.20. The van der Waals surface area contributed by atoms with Gasteiger partial charge in [-0.15, -0.1) is 0 Å². The van der Waals surface area contributed by atoms with Crippen LogP contribution in [0, 0.1) is 5.92 Å². The SMILES string of the molecule is CCN(CCNC(=O)CC1NCCCC1C)C1CC1. The first-order valence-electron chi connectivity index (χ1n) is 7.94. The summed E-state index contributed by atoms with van der Waals surface area (Å²) in [5.41, 5.74) is 0. The molecule has 2 atom stereocenters. The lowest BCUT2D eigenvalue weighted by atomic mass is 9.90.